The predicted molar refractivity (Wildman–Crippen MR) is 73.8 cm³/mol. The van der Waals surface area contributed by atoms with Gasteiger partial charge in [0.05, 0.1) is 7.11 Å². The third-order valence-corrected chi connectivity index (χ3v) is 3.08. The molecule has 114 valence electrons. The summed E-state index contributed by atoms with van der Waals surface area (Å²) in [6.45, 7) is 1.03. The molecule has 1 aliphatic heterocycles. The molecular formula is C15H24O5. The van der Waals surface area contributed by atoms with Crippen molar-refractivity contribution in [1.82, 2.24) is 0 Å². The van der Waals surface area contributed by atoms with Crippen molar-refractivity contribution in [3.8, 4) is 11.8 Å². The highest BCUT2D eigenvalue weighted by Gasteiger charge is 2.12. The van der Waals surface area contributed by atoms with Crippen molar-refractivity contribution in [1.29, 1.82) is 0 Å². The Balaban J connectivity index is 2.02. The first-order chi connectivity index (χ1) is 9.72. The number of aliphatic hydroxyl groups excluding tert-OH is 1. The lowest BCUT2D eigenvalue weighted by Crippen LogP contribution is -2.22. The zero-order valence-corrected chi connectivity index (χ0v) is 12.1. The van der Waals surface area contributed by atoms with Crippen molar-refractivity contribution in [2.75, 3.05) is 20.3 Å². The van der Waals surface area contributed by atoms with Gasteiger partial charge in [0.2, 0.25) is 0 Å². The monoisotopic (exact) mass is 284 g/mol. The SMILES string of the molecule is COC(=O)CCCCC(O)C#CCOC1CCCCO1. The van der Waals surface area contributed by atoms with E-state index in [9.17, 15) is 9.90 Å². The molecule has 0 aromatic heterocycles. The van der Waals surface area contributed by atoms with Crippen molar-refractivity contribution in [3.63, 3.8) is 0 Å². The van der Waals surface area contributed by atoms with E-state index in [0.717, 1.165) is 32.3 Å². The lowest BCUT2D eigenvalue weighted by molar-refractivity contribution is -0.154. The van der Waals surface area contributed by atoms with Crippen molar-refractivity contribution in [3.05, 3.63) is 0 Å². The lowest BCUT2D eigenvalue weighted by atomic mass is 10.1. The van der Waals surface area contributed by atoms with Crippen LogP contribution in [0.2, 0.25) is 0 Å². The van der Waals surface area contributed by atoms with Crippen LogP contribution in [0.25, 0.3) is 0 Å². The summed E-state index contributed by atoms with van der Waals surface area (Å²) in [4.78, 5) is 10.9. The molecular weight excluding hydrogens is 260 g/mol. The van der Waals surface area contributed by atoms with Gasteiger partial charge >= 0.3 is 5.97 Å². The number of methoxy groups -OCH3 is 1. The highest BCUT2D eigenvalue weighted by molar-refractivity contribution is 5.68. The minimum Gasteiger partial charge on any atom is -0.469 e. The highest BCUT2D eigenvalue weighted by Crippen LogP contribution is 2.13. The topological polar surface area (TPSA) is 65.0 Å². The van der Waals surface area contributed by atoms with Crippen LogP contribution in [0.15, 0.2) is 0 Å². The van der Waals surface area contributed by atoms with E-state index in [1.807, 2.05) is 0 Å². The first-order valence-electron chi connectivity index (χ1n) is 7.19. The van der Waals surface area contributed by atoms with E-state index < -0.39 is 6.10 Å². The van der Waals surface area contributed by atoms with Crippen LogP contribution in [-0.2, 0) is 19.0 Å². The summed E-state index contributed by atoms with van der Waals surface area (Å²) >= 11 is 0. The molecule has 0 aromatic carbocycles. The van der Waals surface area contributed by atoms with Crippen molar-refractivity contribution < 1.29 is 24.1 Å². The van der Waals surface area contributed by atoms with Crippen LogP contribution in [-0.4, -0.2) is 43.8 Å². The number of unbranched alkanes of at least 4 members (excludes halogenated alkanes) is 1. The van der Waals surface area contributed by atoms with Gasteiger partial charge in [-0.25, -0.2) is 0 Å². The molecule has 1 heterocycles. The van der Waals surface area contributed by atoms with Crippen LogP contribution in [0.3, 0.4) is 0 Å². The van der Waals surface area contributed by atoms with Gasteiger partial charge in [-0.05, 0) is 38.5 Å². The third-order valence-electron chi connectivity index (χ3n) is 3.08. The fraction of sp³-hybridized carbons (Fsp3) is 0.800. The minimum atomic E-state index is -0.663. The molecule has 0 spiro atoms. The molecule has 0 saturated carbocycles. The number of carbonyl (C=O) groups excluding carboxylic acids is 1. The average Bonchev–Trinajstić information content (AvgIpc) is 2.49. The molecule has 1 aliphatic rings. The van der Waals surface area contributed by atoms with Crippen LogP contribution in [0, 0.1) is 11.8 Å². The van der Waals surface area contributed by atoms with E-state index in [1.165, 1.54) is 7.11 Å². The zero-order chi connectivity index (χ0) is 14.6. The van der Waals surface area contributed by atoms with Gasteiger partial charge in [0.1, 0.15) is 12.7 Å². The molecule has 2 unspecified atom stereocenters. The molecule has 5 heteroatoms. The van der Waals surface area contributed by atoms with Crippen LogP contribution in [0.1, 0.15) is 44.9 Å². The van der Waals surface area contributed by atoms with E-state index in [0.29, 0.717) is 19.3 Å². The van der Waals surface area contributed by atoms with Gasteiger partial charge in [-0.2, -0.15) is 0 Å². The number of hydrogen-bond acceptors (Lipinski definition) is 5. The van der Waals surface area contributed by atoms with Gasteiger partial charge in [0.15, 0.2) is 6.29 Å². The second-order valence-electron chi connectivity index (χ2n) is 4.77. The summed E-state index contributed by atoms with van der Waals surface area (Å²) in [5.74, 6) is 5.32. The molecule has 2 atom stereocenters. The summed E-state index contributed by atoms with van der Waals surface area (Å²) < 4.78 is 15.4. The van der Waals surface area contributed by atoms with E-state index in [-0.39, 0.29) is 18.9 Å². The number of hydrogen-bond donors (Lipinski definition) is 1. The Bertz CT molecular complexity index is 325. The zero-order valence-electron chi connectivity index (χ0n) is 12.1. The van der Waals surface area contributed by atoms with Gasteiger partial charge in [-0.3, -0.25) is 4.79 Å². The molecule has 5 nitrogen and oxygen atoms in total. The summed E-state index contributed by atoms with van der Waals surface area (Å²) in [5.41, 5.74) is 0. The fourth-order valence-corrected chi connectivity index (χ4v) is 1.92. The molecule has 0 amide bonds. The Labute approximate surface area is 120 Å². The normalized spacial score (nSPS) is 19.8. The van der Waals surface area contributed by atoms with Crippen molar-refractivity contribution in [2.45, 2.75) is 57.3 Å². The molecule has 1 rings (SSSR count). The summed E-state index contributed by atoms with van der Waals surface area (Å²) in [6, 6.07) is 0. The van der Waals surface area contributed by atoms with Crippen LogP contribution in [0.5, 0.6) is 0 Å². The number of rotatable bonds is 7. The fourth-order valence-electron chi connectivity index (χ4n) is 1.92. The molecule has 20 heavy (non-hydrogen) atoms. The maximum atomic E-state index is 10.9. The molecule has 0 bridgehead atoms. The number of ether oxygens (including phenoxy) is 3. The maximum absolute atomic E-state index is 10.9. The quantitative estimate of drug-likeness (QED) is 0.437. The van der Waals surface area contributed by atoms with Crippen LogP contribution < -0.4 is 0 Å². The Hall–Kier alpha value is -1.09. The second-order valence-corrected chi connectivity index (χ2v) is 4.77. The first kappa shape index (κ1) is 17.0. The van der Waals surface area contributed by atoms with Gasteiger partial charge in [0.25, 0.3) is 0 Å². The first-order valence-corrected chi connectivity index (χ1v) is 7.19. The number of esters is 1. The largest absolute Gasteiger partial charge is 0.469 e. The van der Waals surface area contributed by atoms with Crippen LogP contribution in [0.4, 0.5) is 0 Å². The Morgan fingerprint density at radius 2 is 2.30 bits per heavy atom. The maximum Gasteiger partial charge on any atom is 0.305 e. The highest BCUT2D eigenvalue weighted by atomic mass is 16.7. The lowest BCUT2D eigenvalue weighted by Gasteiger charge is -2.21. The molecule has 0 radical (unpaired) electrons. The number of carbonyl (C=O) groups is 1. The summed E-state index contributed by atoms with van der Waals surface area (Å²) in [6.07, 6.45) is 4.73. The van der Waals surface area contributed by atoms with Crippen LogP contribution >= 0.6 is 0 Å². The molecule has 1 N–H and O–H groups in total. The van der Waals surface area contributed by atoms with Crippen molar-refractivity contribution in [2.24, 2.45) is 0 Å². The van der Waals surface area contributed by atoms with Crippen molar-refractivity contribution >= 4 is 5.97 Å². The predicted octanol–water partition coefficient (Wildman–Crippen LogP) is 1.63. The van der Waals surface area contributed by atoms with E-state index in [1.54, 1.807) is 0 Å². The standard InChI is InChI=1S/C15H24O5/c1-18-14(17)9-3-2-7-13(16)8-6-12-20-15-10-4-5-11-19-15/h13,15-16H,2-5,7,9-12H2,1H3. The molecule has 1 fully saturated rings. The van der Waals surface area contributed by atoms with E-state index in [2.05, 4.69) is 16.6 Å². The molecule has 0 aliphatic carbocycles. The Morgan fingerprint density at radius 1 is 1.45 bits per heavy atom. The minimum absolute atomic E-state index is 0.143. The average molecular weight is 284 g/mol. The van der Waals surface area contributed by atoms with Gasteiger partial charge in [0, 0.05) is 13.0 Å². The van der Waals surface area contributed by atoms with Gasteiger partial charge < -0.3 is 19.3 Å². The second kappa shape index (κ2) is 10.7. The molecule has 0 aromatic rings. The van der Waals surface area contributed by atoms with E-state index in [4.69, 9.17) is 9.47 Å². The molecule has 1 saturated heterocycles. The number of aliphatic hydroxyl groups is 1. The Morgan fingerprint density at radius 3 is 3.00 bits per heavy atom. The third kappa shape index (κ3) is 8.16. The smallest absolute Gasteiger partial charge is 0.305 e. The summed E-state index contributed by atoms with van der Waals surface area (Å²) in [7, 11) is 1.37. The van der Waals surface area contributed by atoms with Gasteiger partial charge in [-0.1, -0.05) is 11.8 Å². The summed E-state index contributed by atoms with van der Waals surface area (Å²) in [5, 5.41) is 9.63. The Kier molecular flexibility index (Phi) is 9.05. The van der Waals surface area contributed by atoms with E-state index >= 15 is 0 Å². The van der Waals surface area contributed by atoms with Gasteiger partial charge in [-0.15, -0.1) is 0 Å².